The van der Waals surface area contributed by atoms with Crippen LogP contribution < -0.4 is 10.6 Å². The molecule has 0 fully saturated rings. The van der Waals surface area contributed by atoms with Crippen LogP contribution >= 0.6 is 58.5 Å². The molecule has 0 unspecified atom stereocenters. The van der Waals surface area contributed by atoms with Crippen molar-refractivity contribution >= 4 is 64.5 Å². The van der Waals surface area contributed by atoms with Gasteiger partial charge in [-0.3, -0.25) is 0 Å². The van der Waals surface area contributed by atoms with Gasteiger partial charge in [-0.2, -0.15) is 0 Å². The zero-order valence-electron chi connectivity index (χ0n) is 13.6. The average Bonchev–Trinajstić information content (AvgIpc) is 2.93. The number of hydrogen-bond donors (Lipinski definition) is 2. The summed E-state index contributed by atoms with van der Waals surface area (Å²) < 4.78 is 0. The van der Waals surface area contributed by atoms with E-state index in [1.54, 1.807) is 11.3 Å². The van der Waals surface area contributed by atoms with Crippen LogP contribution in [0.2, 0.25) is 10.0 Å². The Labute approximate surface area is 174 Å². The van der Waals surface area contributed by atoms with Gasteiger partial charge >= 0.3 is 0 Å². The van der Waals surface area contributed by atoms with E-state index in [1.807, 2.05) is 38.2 Å². The zero-order chi connectivity index (χ0) is 16.7. The molecular weight excluding hydrogens is 478 g/mol. The molecule has 0 spiro atoms. The van der Waals surface area contributed by atoms with Crippen molar-refractivity contribution in [3.63, 3.8) is 0 Å². The summed E-state index contributed by atoms with van der Waals surface area (Å²) in [7, 11) is 0. The van der Waals surface area contributed by atoms with E-state index in [9.17, 15) is 0 Å². The fourth-order valence-electron chi connectivity index (χ4n) is 2.04. The number of guanidine groups is 1. The third-order valence-corrected chi connectivity index (χ3v) is 4.72. The second-order valence-corrected chi connectivity index (χ2v) is 7.07. The first-order valence-electron chi connectivity index (χ1n) is 7.46. The molecule has 0 radical (unpaired) electrons. The predicted molar refractivity (Wildman–Crippen MR) is 115 cm³/mol. The van der Waals surface area contributed by atoms with Crippen LogP contribution in [0.3, 0.4) is 0 Å². The van der Waals surface area contributed by atoms with Gasteiger partial charge in [-0.15, -0.1) is 35.3 Å². The van der Waals surface area contributed by atoms with E-state index in [2.05, 4.69) is 20.6 Å². The summed E-state index contributed by atoms with van der Waals surface area (Å²) in [5.41, 5.74) is 0.953. The van der Waals surface area contributed by atoms with E-state index in [0.29, 0.717) is 23.1 Å². The lowest BCUT2D eigenvalue weighted by atomic mass is 10.1. The van der Waals surface area contributed by atoms with Crippen molar-refractivity contribution in [2.24, 2.45) is 4.99 Å². The fourth-order valence-corrected chi connectivity index (χ4v) is 3.34. The highest BCUT2D eigenvalue weighted by Crippen LogP contribution is 2.24. The number of nitrogens with zero attached hydrogens (tertiary/aromatic N) is 2. The van der Waals surface area contributed by atoms with Crippen molar-refractivity contribution in [1.82, 2.24) is 15.6 Å². The van der Waals surface area contributed by atoms with Crippen LogP contribution in [0.15, 0.2) is 29.4 Å². The van der Waals surface area contributed by atoms with Crippen LogP contribution in [0.25, 0.3) is 0 Å². The summed E-state index contributed by atoms with van der Waals surface area (Å²) in [5, 5.41) is 8.92. The molecule has 2 aromatic rings. The van der Waals surface area contributed by atoms with Gasteiger partial charge in [-0.1, -0.05) is 29.3 Å². The van der Waals surface area contributed by atoms with Gasteiger partial charge in [0.15, 0.2) is 5.96 Å². The molecule has 0 bridgehead atoms. The summed E-state index contributed by atoms with van der Waals surface area (Å²) in [6.07, 6.45) is 2.61. The molecule has 132 valence electrons. The molecule has 8 heteroatoms. The topological polar surface area (TPSA) is 49.3 Å². The van der Waals surface area contributed by atoms with Crippen molar-refractivity contribution in [3.05, 3.63) is 49.9 Å². The van der Waals surface area contributed by atoms with Crippen LogP contribution in [0.4, 0.5) is 0 Å². The minimum absolute atomic E-state index is 0. The Bertz CT molecular complexity index is 656. The molecule has 0 saturated heterocycles. The number of rotatable bonds is 6. The molecular formula is C16H21Cl2IN4S. The lowest BCUT2D eigenvalue weighted by molar-refractivity contribution is 0.799. The molecule has 0 amide bonds. The second kappa shape index (κ2) is 11.1. The van der Waals surface area contributed by atoms with Gasteiger partial charge in [0, 0.05) is 34.2 Å². The van der Waals surface area contributed by atoms with Crippen LogP contribution in [0, 0.1) is 6.92 Å². The molecule has 0 aliphatic carbocycles. The Kier molecular flexibility index (Phi) is 9.95. The van der Waals surface area contributed by atoms with E-state index in [-0.39, 0.29) is 24.0 Å². The smallest absolute Gasteiger partial charge is 0.191 e. The molecule has 24 heavy (non-hydrogen) atoms. The van der Waals surface area contributed by atoms with E-state index in [0.717, 1.165) is 29.5 Å². The van der Waals surface area contributed by atoms with Crippen molar-refractivity contribution < 1.29 is 0 Å². The maximum Gasteiger partial charge on any atom is 0.191 e. The van der Waals surface area contributed by atoms with Crippen LogP contribution in [-0.4, -0.2) is 24.0 Å². The minimum atomic E-state index is 0. The molecule has 1 heterocycles. The molecule has 0 atom stereocenters. The Hall–Kier alpha value is -0.570. The molecule has 2 N–H and O–H groups in total. The second-order valence-electron chi connectivity index (χ2n) is 4.94. The molecule has 0 saturated carbocycles. The van der Waals surface area contributed by atoms with E-state index in [1.165, 1.54) is 4.88 Å². The Morgan fingerprint density at radius 3 is 2.54 bits per heavy atom. The van der Waals surface area contributed by atoms with Crippen LogP contribution in [0.1, 0.15) is 22.4 Å². The number of aryl methyl sites for hydroxylation is 1. The Balaban J connectivity index is 0.00000288. The third-order valence-electron chi connectivity index (χ3n) is 3.11. The highest BCUT2D eigenvalue weighted by atomic mass is 127. The Morgan fingerprint density at radius 2 is 1.96 bits per heavy atom. The number of aromatic nitrogens is 1. The summed E-state index contributed by atoms with van der Waals surface area (Å²) in [5.74, 6) is 0.767. The number of hydrogen-bond acceptors (Lipinski definition) is 3. The summed E-state index contributed by atoms with van der Waals surface area (Å²) in [6.45, 7) is 6.15. The normalized spacial score (nSPS) is 11.1. The minimum Gasteiger partial charge on any atom is -0.357 e. The quantitative estimate of drug-likeness (QED) is 0.345. The summed E-state index contributed by atoms with van der Waals surface area (Å²) >= 11 is 14.0. The largest absolute Gasteiger partial charge is 0.357 e. The summed E-state index contributed by atoms with van der Waals surface area (Å²) in [6, 6.07) is 5.56. The number of aliphatic imine (C=N–C) groups is 1. The van der Waals surface area contributed by atoms with Crippen molar-refractivity contribution in [3.8, 4) is 0 Å². The van der Waals surface area contributed by atoms with Gasteiger partial charge in [0.05, 0.1) is 6.54 Å². The van der Waals surface area contributed by atoms with Gasteiger partial charge in [0.25, 0.3) is 0 Å². The third kappa shape index (κ3) is 6.74. The van der Waals surface area contributed by atoms with E-state index >= 15 is 0 Å². The first-order valence-corrected chi connectivity index (χ1v) is 9.03. The zero-order valence-corrected chi connectivity index (χ0v) is 18.3. The first kappa shape index (κ1) is 21.5. The molecule has 0 aliphatic rings. The maximum atomic E-state index is 6.18. The van der Waals surface area contributed by atoms with Gasteiger partial charge in [0.2, 0.25) is 0 Å². The standard InChI is InChI=1S/C16H20Cl2N4S.HI/c1-3-19-16(22-10-15-21-9-11(2)23-15)20-8-7-12-13(17)5-4-6-14(12)18;/h4-6,9H,3,7-8,10H2,1-2H3,(H2,19,20,22);1H. The Morgan fingerprint density at radius 1 is 1.25 bits per heavy atom. The number of benzene rings is 1. The molecule has 1 aromatic carbocycles. The van der Waals surface area contributed by atoms with Gasteiger partial charge in [-0.25, -0.2) is 9.98 Å². The molecule has 1 aromatic heterocycles. The maximum absolute atomic E-state index is 6.18. The fraction of sp³-hybridized carbons (Fsp3) is 0.375. The lowest BCUT2D eigenvalue weighted by Gasteiger charge is -2.12. The number of nitrogens with one attached hydrogen (secondary N) is 2. The van der Waals surface area contributed by atoms with Crippen molar-refractivity contribution in [1.29, 1.82) is 0 Å². The van der Waals surface area contributed by atoms with Gasteiger partial charge in [0.1, 0.15) is 5.01 Å². The van der Waals surface area contributed by atoms with Crippen LogP contribution in [-0.2, 0) is 13.0 Å². The SMILES string of the molecule is CCNC(=NCc1ncc(C)s1)NCCc1c(Cl)cccc1Cl.I. The predicted octanol–water partition coefficient (Wildman–Crippen LogP) is 4.67. The van der Waals surface area contributed by atoms with Gasteiger partial charge in [-0.05, 0) is 38.0 Å². The number of thiazole rings is 1. The highest BCUT2D eigenvalue weighted by molar-refractivity contribution is 14.0. The summed E-state index contributed by atoms with van der Waals surface area (Å²) in [4.78, 5) is 10.1. The lowest BCUT2D eigenvalue weighted by Crippen LogP contribution is -2.38. The molecule has 0 aliphatic heterocycles. The first-order chi connectivity index (χ1) is 11.1. The molecule has 2 rings (SSSR count). The van der Waals surface area contributed by atoms with Crippen molar-refractivity contribution in [2.75, 3.05) is 13.1 Å². The van der Waals surface area contributed by atoms with E-state index < -0.39 is 0 Å². The monoisotopic (exact) mass is 498 g/mol. The van der Waals surface area contributed by atoms with Gasteiger partial charge < -0.3 is 10.6 Å². The average molecular weight is 499 g/mol. The molecule has 4 nitrogen and oxygen atoms in total. The number of halogens is 3. The van der Waals surface area contributed by atoms with Crippen molar-refractivity contribution in [2.45, 2.75) is 26.8 Å². The van der Waals surface area contributed by atoms with Crippen LogP contribution in [0.5, 0.6) is 0 Å². The van der Waals surface area contributed by atoms with E-state index in [4.69, 9.17) is 23.2 Å². The highest BCUT2D eigenvalue weighted by Gasteiger charge is 2.06.